The van der Waals surface area contributed by atoms with Crippen molar-refractivity contribution < 1.29 is 4.42 Å². The third kappa shape index (κ3) is 3.21. The van der Waals surface area contributed by atoms with Crippen molar-refractivity contribution in [1.82, 2.24) is 10.2 Å². The lowest BCUT2D eigenvalue weighted by Crippen LogP contribution is -2.09. The van der Waals surface area contributed by atoms with Crippen LogP contribution >= 0.6 is 11.6 Å². The summed E-state index contributed by atoms with van der Waals surface area (Å²) in [5.74, 6) is 1.93. The van der Waals surface area contributed by atoms with Crippen molar-refractivity contribution >= 4 is 11.6 Å². The van der Waals surface area contributed by atoms with Crippen LogP contribution in [0, 0.1) is 5.92 Å². The van der Waals surface area contributed by atoms with Gasteiger partial charge in [0.05, 0.1) is 0 Å². The molecule has 0 amide bonds. The average molecular weight is 291 g/mol. The predicted octanol–water partition coefficient (Wildman–Crippen LogP) is 4.52. The fourth-order valence-electron chi connectivity index (χ4n) is 2.85. The van der Waals surface area contributed by atoms with E-state index in [1.54, 1.807) is 0 Å². The molecule has 0 spiro atoms. The molecule has 3 nitrogen and oxygen atoms in total. The fourth-order valence-corrected chi connectivity index (χ4v) is 3.09. The van der Waals surface area contributed by atoms with E-state index in [1.165, 1.54) is 32.1 Å². The van der Waals surface area contributed by atoms with Gasteiger partial charge in [0.15, 0.2) is 0 Å². The summed E-state index contributed by atoms with van der Waals surface area (Å²) in [6.45, 7) is 0. The fraction of sp³-hybridized carbons (Fsp3) is 0.500. The molecule has 1 unspecified atom stereocenters. The Hall–Kier alpha value is -1.35. The minimum Gasteiger partial charge on any atom is -0.423 e. The molecule has 3 rings (SSSR count). The monoisotopic (exact) mass is 290 g/mol. The van der Waals surface area contributed by atoms with Gasteiger partial charge in [-0.3, -0.25) is 0 Å². The largest absolute Gasteiger partial charge is 0.423 e. The van der Waals surface area contributed by atoms with E-state index in [0.29, 0.717) is 11.8 Å². The van der Waals surface area contributed by atoms with Crippen molar-refractivity contribution in [2.75, 3.05) is 0 Å². The Morgan fingerprint density at radius 2 is 1.85 bits per heavy atom. The molecule has 20 heavy (non-hydrogen) atoms. The number of nitrogens with zero attached hydrogens (tertiary/aromatic N) is 2. The summed E-state index contributed by atoms with van der Waals surface area (Å²) in [4.78, 5) is 0. The van der Waals surface area contributed by atoms with Crippen LogP contribution in [0.5, 0.6) is 0 Å². The van der Waals surface area contributed by atoms with Gasteiger partial charge in [0.1, 0.15) is 5.38 Å². The number of rotatable bonds is 4. The van der Waals surface area contributed by atoms with Crippen LogP contribution in [0.15, 0.2) is 34.7 Å². The second-order valence-corrected chi connectivity index (χ2v) is 5.95. The highest BCUT2D eigenvalue weighted by Crippen LogP contribution is 2.30. The molecular formula is C16H19ClN2O. The Morgan fingerprint density at radius 1 is 1.10 bits per heavy atom. The Labute approximate surface area is 124 Å². The van der Waals surface area contributed by atoms with Gasteiger partial charge in [-0.15, -0.1) is 21.8 Å². The maximum atomic E-state index is 6.39. The number of hydrogen-bond acceptors (Lipinski definition) is 3. The van der Waals surface area contributed by atoms with Crippen molar-refractivity contribution in [1.29, 1.82) is 0 Å². The first-order valence-corrected chi connectivity index (χ1v) is 7.78. The van der Waals surface area contributed by atoms with Crippen molar-refractivity contribution in [3.05, 3.63) is 47.7 Å². The summed E-state index contributed by atoms with van der Waals surface area (Å²) in [5.41, 5.74) is 0.988. The summed E-state index contributed by atoms with van der Waals surface area (Å²) >= 11 is 6.39. The summed E-state index contributed by atoms with van der Waals surface area (Å²) in [6.07, 6.45) is 7.47. The molecule has 1 fully saturated rings. The molecule has 0 aliphatic heterocycles. The molecule has 1 aromatic heterocycles. The van der Waals surface area contributed by atoms with Crippen LogP contribution in [0.3, 0.4) is 0 Å². The second kappa shape index (κ2) is 6.40. The second-order valence-electron chi connectivity index (χ2n) is 5.52. The lowest BCUT2D eigenvalue weighted by molar-refractivity contribution is 0.324. The van der Waals surface area contributed by atoms with Crippen LogP contribution in [-0.4, -0.2) is 10.2 Å². The van der Waals surface area contributed by atoms with E-state index in [9.17, 15) is 0 Å². The van der Waals surface area contributed by atoms with Gasteiger partial charge in [-0.1, -0.05) is 49.6 Å². The van der Waals surface area contributed by atoms with E-state index in [2.05, 4.69) is 10.2 Å². The summed E-state index contributed by atoms with van der Waals surface area (Å²) in [7, 11) is 0. The van der Waals surface area contributed by atoms with Gasteiger partial charge in [-0.2, -0.15) is 0 Å². The molecule has 1 atom stereocenters. The third-order valence-corrected chi connectivity index (χ3v) is 4.42. The first kappa shape index (κ1) is 13.6. The van der Waals surface area contributed by atoms with Crippen molar-refractivity contribution in [2.45, 2.75) is 43.9 Å². The standard InChI is InChI=1S/C16H19ClN2O/c17-15(13-9-5-2-6-10-13)16-19-18-14(20-16)11-12-7-3-1-4-8-12/h2,5-6,9-10,12,15H,1,3-4,7-8,11H2. The molecule has 1 aliphatic carbocycles. The zero-order valence-electron chi connectivity index (χ0n) is 11.5. The Morgan fingerprint density at radius 3 is 2.60 bits per heavy atom. The van der Waals surface area contributed by atoms with Crippen molar-refractivity contribution in [3.63, 3.8) is 0 Å². The SMILES string of the molecule is ClC(c1ccccc1)c1nnc(CC2CCCCC2)o1. The normalized spacial score (nSPS) is 18.1. The Bertz CT molecular complexity index is 534. The maximum Gasteiger partial charge on any atom is 0.238 e. The minimum atomic E-state index is -0.358. The summed E-state index contributed by atoms with van der Waals surface area (Å²) < 4.78 is 5.75. The van der Waals surface area contributed by atoms with Crippen LogP contribution in [0.2, 0.25) is 0 Å². The molecule has 0 saturated heterocycles. The van der Waals surface area contributed by atoms with Gasteiger partial charge < -0.3 is 4.42 Å². The Balaban J connectivity index is 1.67. The molecule has 1 aliphatic rings. The highest BCUT2D eigenvalue weighted by molar-refractivity contribution is 6.22. The lowest BCUT2D eigenvalue weighted by atomic mass is 9.87. The number of benzene rings is 1. The molecule has 1 heterocycles. The van der Waals surface area contributed by atoms with Gasteiger partial charge in [0, 0.05) is 6.42 Å². The molecule has 2 aromatic rings. The zero-order valence-corrected chi connectivity index (χ0v) is 12.2. The van der Waals surface area contributed by atoms with E-state index in [1.807, 2.05) is 30.3 Å². The van der Waals surface area contributed by atoms with E-state index >= 15 is 0 Å². The topological polar surface area (TPSA) is 38.9 Å². The molecule has 4 heteroatoms. The van der Waals surface area contributed by atoms with Crippen molar-refractivity contribution in [3.8, 4) is 0 Å². The quantitative estimate of drug-likeness (QED) is 0.777. The van der Waals surface area contributed by atoms with Crippen LogP contribution in [0.1, 0.15) is 54.8 Å². The van der Waals surface area contributed by atoms with E-state index in [4.69, 9.17) is 16.0 Å². The van der Waals surface area contributed by atoms with Crippen LogP contribution in [0.4, 0.5) is 0 Å². The van der Waals surface area contributed by atoms with E-state index in [-0.39, 0.29) is 5.38 Å². The number of alkyl halides is 1. The van der Waals surface area contributed by atoms with Gasteiger partial charge in [0.2, 0.25) is 11.8 Å². The van der Waals surface area contributed by atoms with Gasteiger partial charge in [-0.05, 0) is 24.3 Å². The summed E-state index contributed by atoms with van der Waals surface area (Å²) in [5, 5.41) is 7.91. The zero-order chi connectivity index (χ0) is 13.8. The molecule has 1 aromatic carbocycles. The first-order valence-electron chi connectivity index (χ1n) is 7.34. The van der Waals surface area contributed by atoms with Crippen molar-refractivity contribution in [2.24, 2.45) is 5.92 Å². The average Bonchev–Trinajstić information content (AvgIpc) is 2.97. The predicted molar refractivity (Wildman–Crippen MR) is 78.7 cm³/mol. The van der Waals surface area contributed by atoms with E-state index < -0.39 is 0 Å². The molecule has 0 bridgehead atoms. The lowest BCUT2D eigenvalue weighted by Gasteiger charge is -2.19. The van der Waals surface area contributed by atoms with Gasteiger partial charge in [0.25, 0.3) is 0 Å². The minimum absolute atomic E-state index is 0.358. The van der Waals surface area contributed by atoms with Crippen LogP contribution < -0.4 is 0 Å². The van der Waals surface area contributed by atoms with E-state index in [0.717, 1.165) is 17.9 Å². The highest BCUT2D eigenvalue weighted by Gasteiger charge is 2.21. The molecule has 106 valence electrons. The van der Waals surface area contributed by atoms with Crippen LogP contribution in [0.25, 0.3) is 0 Å². The molecular weight excluding hydrogens is 272 g/mol. The number of aromatic nitrogens is 2. The van der Waals surface area contributed by atoms with Gasteiger partial charge >= 0.3 is 0 Å². The van der Waals surface area contributed by atoms with Gasteiger partial charge in [-0.25, -0.2) is 0 Å². The Kier molecular flexibility index (Phi) is 4.36. The number of halogens is 1. The molecule has 0 N–H and O–H groups in total. The van der Waals surface area contributed by atoms with Crippen LogP contribution in [-0.2, 0) is 6.42 Å². The number of hydrogen-bond donors (Lipinski definition) is 0. The maximum absolute atomic E-state index is 6.39. The smallest absolute Gasteiger partial charge is 0.238 e. The first-order chi connectivity index (χ1) is 9.83. The molecule has 1 saturated carbocycles. The molecule has 0 radical (unpaired) electrons. The third-order valence-electron chi connectivity index (χ3n) is 3.98. The highest BCUT2D eigenvalue weighted by atomic mass is 35.5. The summed E-state index contributed by atoms with van der Waals surface area (Å²) in [6, 6.07) is 9.84.